The van der Waals surface area contributed by atoms with E-state index in [9.17, 15) is 9.00 Å². The van der Waals surface area contributed by atoms with Gasteiger partial charge in [-0.3, -0.25) is 13.9 Å². The number of carbonyl (C=O) groups is 1. The fraction of sp³-hybridized carbons (Fsp3) is 0.320. The Labute approximate surface area is 191 Å². The molecule has 0 bridgehead atoms. The van der Waals surface area contributed by atoms with Crippen molar-refractivity contribution in [3.05, 3.63) is 83.3 Å². The largest absolute Gasteiger partial charge is 0.497 e. The molecule has 0 radical (unpaired) electrons. The van der Waals surface area contributed by atoms with Gasteiger partial charge in [0.2, 0.25) is 0 Å². The Kier molecular flexibility index (Phi) is 7.39. The Hall–Kier alpha value is -2.90. The van der Waals surface area contributed by atoms with Crippen molar-refractivity contribution in [2.45, 2.75) is 30.0 Å². The maximum atomic E-state index is 12.5. The topological polar surface area (TPSA) is 71.8 Å². The highest BCUT2D eigenvalue weighted by atomic mass is 32.2. The van der Waals surface area contributed by atoms with E-state index in [1.54, 1.807) is 43.5 Å². The van der Waals surface area contributed by atoms with Crippen LogP contribution in [0.3, 0.4) is 0 Å². The third kappa shape index (κ3) is 5.66. The smallest absolute Gasteiger partial charge is 0.286 e. The zero-order chi connectivity index (χ0) is 22.3. The molecule has 0 unspecified atom stereocenters. The van der Waals surface area contributed by atoms with Crippen LogP contribution in [0.25, 0.3) is 0 Å². The monoisotopic (exact) mass is 452 g/mol. The summed E-state index contributed by atoms with van der Waals surface area (Å²) in [7, 11) is 0.335. The minimum absolute atomic E-state index is 0.218. The molecule has 0 saturated heterocycles. The van der Waals surface area contributed by atoms with E-state index in [-0.39, 0.29) is 17.4 Å². The molecule has 2 heterocycles. The summed E-state index contributed by atoms with van der Waals surface area (Å²) in [6, 6.07) is 19.0. The summed E-state index contributed by atoms with van der Waals surface area (Å²) < 4.78 is 23.3. The molecule has 3 aromatic rings. The second-order valence-corrected chi connectivity index (χ2v) is 9.29. The highest BCUT2D eigenvalue weighted by Gasteiger charge is 2.16. The third-order valence-corrected chi connectivity index (χ3v) is 6.97. The van der Waals surface area contributed by atoms with Crippen LogP contribution in [-0.2, 0) is 29.5 Å². The number of carbonyl (C=O) groups excluding carboxylic acids is 1. The van der Waals surface area contributed by atoms with Crippen LogP contribution < -0.4 is 10.1 Å². The summed E-state index contributed by atoms with van der Waals surface area (Å²) in [5, 5.41) is 2.92. The fourth-order valence-corrected chi connectivity index (χ4v) is 4.87. The van der Waals surface area contributed by atoms with E-state index in [2.05, 4.69) is 34.5 Å². The van der Waals surface area contributed by atoms with Gasteiger partial charge in [-0.1, -0.05) is 24.3 Å². The van der Waals surface area contributed by atoms with Crippen molar-refractivity contribution in [1.29, 1.82) is 0 Å². The number of ether oxygens (including phenoxy) is 1. The summed E-state index contributed by atoms with van der Waals surface area (Å²) in [6.45, 7) is 3.55. The van der Waals surface area contributed by atoms with Gasteiger partial charge in [0.25, 0.3) is 5.91 Å². The Bertz CT molecular complexity index is 1080. The van der Waals surface area contributed by atoms with E-state index < -0.39 is 10.8 Å². The molecule has 7 heteroatoms. The highest BCUT2D eigenvalue weighted by molar-refractivity contribution is 7.84. The number of furan rings is 1. The maximum Gasteiger partial charge on any atom is 0.286 e. The zero-order valence-electron chi connectivity index (χ0n) is 18.2. The van der Waals surface area contributed by atoms with Gasteiger partial charge in [0.1, 0.15) is 11.5 Å². The molecule has 1 aliphatic heterocycles. The van der Waals surface area contributed by atoms with Crippen molar-refractivity contribution in [3.8, 4) is 5.75 Å². The molecule has 6 nitrogen and oxygen atoms in total. The lowest BCUT2D eigenvalue weighted by molar-refractivity contribution is 0.0922. The number of hydrogen-bond acceptors (Lipinski definition) is 5. The minimum atomic E-state index is -1.26. The van der Waals surface area contributed by atoms with Gasteiger partial charge in [0.15, 0.2) is 5.76 Å². The number of methoxy groups -OCH3 is 1. The second kappa shape index (κ2) is 10.6. The lowest BCUT2D eigenvalue weighted by Crippen LogP contribution is -2.33. The van der Waals surface area contributed by atoms with Crippen LogP contribution in [0, 0.1) is 0 Å². The van der Waals surface area contributed by atoms with Crippen LogP contribution >= 0.6 is 0 Å². The molecule has 2 aromatic carbocycles. The highest BCUT2D eigenvalue weighted by Crippen LogP contribution is 2.19. The maximum absolute atomic E-state index is 12.5. The van der Waals surface area contributed by atoms with Gasteiger partial charge >= 0.3 is 0 Å². The first-order chi connectivity index (χ1) is 15.6. The van der Waals surface area contributed by atoms with Gasteiger partial charge in [0, 0.05) is 31.1 Å². The molecule has 1 aliphatic rings. The molecule has 1 N–H and O–H groups in total. The van der Waals surface area contributed by atoms with Crippen molar-refractivity contribution in [2.24, 2.45) is 0 Å². The van der Waals surface area contributed by atoms with E-state index in [0.717, 1.165) is 32.5 Å². The number of nitrogens with zero attached hydrogens (tertiary/aromatic N) is 1. The number of nitrogens with one attached hydrogen (secondary N) is 1. The Balaban J connectivity index is 1.20. The van der Waals surface area contributed by atoms with Crippen LogP contribution in [0.4, 0.5) is 0 Å². The van der Waals surface area contributed by atoms with Crippen molar-refractivity contribution < 1.29 is 18.2 Å². The van der Waals surface area contributed by atoms with Crippen molar-refractivity contribution in [2.75, 3.05) is 26.7 Å². The van der Waals surface area contributed by atoms with E-state index in [1.165, 1.54) is 11.1 Å². The molecule has 0 aliphatic carbocycles. The van der Waals surface area contributed by atoms with Crippen LogP contribution in [0.2, 0.25) is 0 Å². The predicted octanol–water partition coefficient (Wildman–Crippen LogP) is 3.77. The SMILES string of the molecule is COc1ccc([S@](=O)Cc2ccc(C(=O)NCCCN3CCc4ccccc4C3)o2)cc1. The first kappa shape index (κ1) is 22.3. The lowest BCUT2D eigenvalue weighted by atomic mass is 10.00. The molecule has 1 amide bonds. The summed E-state index contributed by atoms with van der Waals surface area (Å²) >= 11 is 0. The number of hydrogen-bond donors (Lipinski definition) is 1. The number of benzene rings is 2. The van der Waals surface area contributed by atoms with Gasteiger partial charge in [-0.2, -0.15) is 0 Å². The van der Waals surface area contributed by atoms with Crippen molar-refractivity contribution >= 4 is 16.7 Å². The lowest BCUT2D eigenvalue weighted by Gasteiger charge is -2.28. The fourth-order valence-electron chi connectivity index (χ4n) is 3.85. The number of rotatable bonds is 9. The first-order valence-corrected chi connectivity index (χ1v) is 12.1. The van der Waals surface area contributed by atoms with E-state index in [1.807, 2.05) is 0 Å². The molecular formula is C25H28N2O4S. The molecule has 168 valence electrons. The van der Waals surface area contributed by atoms with Crippen LogP contribution in [0.5, 0.6) is 5.75 Å². The van der Waals surface area contributed by atoms with Gasteiger partial charge in [-0.25, -0.2) is 0 Å². The molecule has 0 fully saturated rings. The number of fused-ring (bicyclic) bond motifs is 1. The Morgan fingerprint density at radius 2 is 1.88 bits per heavy atom. The standard InChI is InChI=1S/C25H28N2O4S/c1-30-21-7-10-23(11-8-21)32(29)18-22-9-12-24(31-22)25(28)26-14-4-15-27-16-13-19-5-2-3-6-20(19)17-27/h2-3,5-12H,4,13-18H2,1H3,(H,26,28)/t32-/m1/s1. The Morgan fingerprint density at radius 3 is 2.66 bits per heavy atom. The van der Waals surface area contributed by atoms with Gasteiger partial charge in [-0.05, 0) is 60.4 Å². The normalized spacial score (nSPS) is 14.5. The number of amides is 1. The molecule has 1 atom stereocenters. The molecule has 1 aromatic heterocycles. The van der Waals surface area contributed by atoms with Crippen LogP contribution in [-0.4, -0.2) is 41.8 Å². The summed E-state index contributed by atoms with van der Waals surface area (Å²) in [6.07, 6.45) is 1.96. The van der Waals surface area contributed by atoms with E-state index >= 15 is 0 Å². The molecule has 0 saturated carbocycles. The quantitative estimate of drug-likeness (QED) is 0.501. The average molecular weight is 453 g/mol. The summed E-state index contributed by atoms with van der Waals surface area (Å²) in [4.78, 5) is 15.5. The second-order valence-electron chi connectivity index (χ2n) is 7.84. The first-order valence-electron chi connectivity index (χ1n) is 10.8. The van der Waals surface area contributed by atoms with E-state index in [4.69, 9.17) is 9.15 Å². The van der Waals surface area contributed by atoms with Crippen LogP contribution in [0.1, 0.15) is 33.9 Å². The third-order valence-electron chi connectivity index (χ3n) is 5.63. The van der Waals surface area contributed by atoms with Gasteiger partial charge < -0.3 is 14.5 Å². The Morgan fingerprint density at radius 1 is 1.09 bits per heavy atom. The van der Waals surface area contributed by atoms with Crippen LogP contribution in [0.15, 0.2) is 70.0 Å². The summed E-state index contributed by atoms with van der Waals surface area (Å²) in [5.41, 5.74) is 2.84. The van der Waals surface area contributed by atoms with Gasteiger partial charge in [0.05, 0.1) is 23.7 Å². The minimum Gasteiger partial charge on any atom is -0.497 e. The average Bonchev–Trinajstić information content (AvgIpc) is 3.30. The zero-order valence-corrected chi connectivity index (χ0v) is 19.0. The van der Waals surface area contributed by atoms with Gasteiger partial charge in [-0.15, -0.1) is 0 Å². The molecule has 0 spiro atoms. The molecule has 32 heavy (non-hydrogen) atoms. The van der Waals surface area contributed by atoms with E-state index in [0.29, 0.717) is 22.9 Å². The summed E-state index contributed by atoms with van der Waals surface area (Å²) in [5.74, 6) is 1.47. The molecule has 4 rings (SSSR count). The van der Waals surface area contributed by atoms with Crippen molar-refractivity contribution in [3.63, 3.8) is 0 Å². The van der Waals surface area contributed by atoms with Crippen molar-refractivity contribution in [1.82, 2.24) is 10.2 Å². The predicted molar refractivity (Wildman–Crippen MR) is 124 cm³/mol. The molecular weight excluding hydrogens is 424 g/mol.